The van der Waals surface area contributed by atoms with Crippen molar-refractivity contribution in [2.75, 3.05) is 45.8 Å². The first-order valence-electron chi connectivity index (χ1n) is 11.5. The van der Waals surface area contributed by atoms with Gasteiger partial charge in [0.1, 0.15) is 0 Å². The van der Waals surface area contributed by atoms with Gasteiger partial charge in [-0.1, -0.05) is 30.3 Å². The zero-order valence-corrected chi connectivity index (χ0v) is 18.8. The normalized spacial score (nSPS) is 22.1. The minimum Gasteiger partial charge on any atom is -0.480 e. The SMILES string of the molecule is O=C(O)CN1CCN(CC2CC(c3ccc(C=NNCCc4ccccn4)cc3)NO2)CC1. The first-order chi connectivity index (χ1) is 16.2. The molecule has 3 N–H and O–H groups in total. The number of nitrogens with zero attached hydrogens (tertiary/aromatic N) is 4. The summed E-state index contributed by atoms with van der Waals surface area (Å²) in [6.45, 7) is 5.06. The van der Waals surface area contributed by atoms with E-state index in [2.05, 4.69) is 50.2 Å². The zero-order chi connectivity index (χ0) is 22.9. The van der Waals surface area contributed by atoms with E-state index in [1.807, 2.05) is 29.3 Å². The van der Waals surface area contributed by atoms with Crippen molar-refractivity contribution in [1.29, 1.82) is 0 Å². The summed E-state index contributed by atoms with van der Waals surface area (Å²) in [4.78, 5) is 25.3. The molecular formula is C24H32N6O3. The van der Waals surface area contributed by atoms with E-state index in [-0.39, 0.29) is 18.7 Å². The number of hydrogen-bond acceptors (Lipinski definition) is 8. The lowest BCUT2D eigenvalue weighted by molar-refractivity contribution is -0.138. The summed E-state index contributed by atoms with van der Waals surface area (Å²) >= 11 is 0. The summed E-state index contributed by atoms with van der Waals surface area (Å²) in [6, 6.07) is 14.5. The molecule has 2 aromatic rings. The molecule has 0 aliphatic carbocycles. The van der Waals surface area contributed by atoms with Crippen molar-refractivity contribution in [3.05, 3.63) is 65.5 Å². The molecule has 9 heteroatoms. The van der Waals surface area contributed by atoms with E-state index in [9.17, 15) is 4.79 Å². The lowest BCUT2D eigenvalue weighted by atomic mass is 10.0. The fourth-order valence-corrected chi connectivity index (χ4v) is 4.19. The van der Waals surface area contributed by atoms with Gasteiger partial charge in [0.25, 0.3) is 0 Å². The van der Waals surface area contributed by atoms with Crippen LogP contribution in [0.25, 0.3) is 0 Å². The topological polar surface area (TPSA) is 102 Å². The van der Waals surface area contributed by atoms with Crippen LogP contribution in [0.2, 0.25) is 0 Å². The van der Waals surface area contributed by atoms with Gasteiger partial charge in [-0.2, -0.15) is 10.6 Å². The Morgan fingerprint density at radius 3 is 2.70 bits per heavy atom. The molecule has 2 aliphatic rings. The molecule has 33 heavy (non-hydrogen) atoms. The van der Waals surface area contributed by atoms with Crippen molar-refractivity contribution in [2.45, 2.75) is 25.0 Å². The molecule has 1 aromatic heterocycles. The number of carboxylic acids is 1. The second-order valence-electron chi connectivity index (χ2n) is 8.52. The lowest BCUT2D eigenvalue weighted by Gasteiger charge is -2.34. The monoisotopic (exact) mass is 452 g/mol. The van der Waals surface area contributed by atoms with Crippen LogP contribution in [-0.4, -0.2) is 84.0 Å². The number of hydroxylamine groups is 1. The summed E-state index contributed by atoms with van der Waals surface area (Å²) in [7, 11) is 0. The van der Waals surface area contributed by atoms with Crippen molar-refractivity contribution in [2.24, 2.45) is 5.10 Å². The molecule has 2 saturated heterocycles. The maximum atomic E-state index is 10.9. The number of aromatic nitrogens is 1. The van der Waals surface area contributed by atoms with Gasteiger partial charge < -0.3 is 10.5 Å². The largest absolute Gasteiger partial charge is 0.480 e. The summed E-state index contributed by atoms with van der Waals surface area (Å²) in [5, 5.41) is 13.2. The predicted molar refractivity (Wildman–Crippen MR) is 126 cm³/mol. The molecule has 0 radical (unpaired) electrons. The van der Waals surface area contributed by atoms with Gasteiger partial charge in [0.05, 0.1) is 24.9 Å². The highest BCUT2D eigenvalue weighted by Crippen LogP contribution is 2.26. The number of carboxylic acid groups (broad SMARTS) is 1. The van der Waals surface area contributed by atoms with Crippen LogP contribution >= 0.6 is 0 Å². The molecule has 176 valence electrons. The van der Waals surface area contributed by atoms with Crippen LogP contribution in [0, 0.1) is 0 Å². The van der Waals surface area contributed by atoms with Gasteiger partial charge in [-0.05, 0) is 29.7 Å². The van der Waals surface area contributed by atoms with Gasteiger partial charge in [-0.3, -0.25) is 24.4 Å². The second-order valence-corrected chi connectivity index (χ2v) is 8.52. The molecule has 0 saturated carbocycles. The number of carbonyl (C=O) groups is 1. The van der Waals surface area contributed by atoms with Crippen LogP contribution in [0.1, 0.15) is 29.3 Å². The van der Waals surface area contributed by atoms with Gasteiger partial charge in [-0.15, -0.1) is 0 Å². The van der Waals surface area contributed by atoms with Crippen LogP contribution in [-0.2, 0) is 16.1 Å². The fourth-order valence-electron chi connectivity index (χ4n) is 4.19. The van der Waals surface area contributed by atoms with E-state index in [1.165, 1.54) is 5.56 Å². The smallest absolute Gasteiger partial charge is 0.317 e. The predicted octanol–water partition coefficient (Wildman–Crippen LogP) is 1.28. The summed E-state index contributed by atoms with van der Waals surface area (Å²) in [6.07, 6.45) is 5.51. The summed E-state index contributed by atoms with van der Waals surface area (Å²) in [5.41, 5.74) is 9.53. The molecule has 0 amide bonds. The average molecular weight is 453 g/mol. The van der Waals surface area contributed by atoms with Gasteiger partial charge in [-0.25, -0.2) is 0 Å². The molecule has 9 nitrogen and oxygen atoms in total. The van der Waals surface area contributed by atoms with E-state index in [0.717, 1.165) is 63.4 Å². The molecular weight excluding hydrogens is 420 g/mol. The molecule has 2 fully saturated rings. The van der Waals surface area contributed by atoms with Crippen molar-refractivity contribution in [3.8, 4) is 0 Å². The van der Waals surface area contributed by atoms with Crippen LogP contribution in [0.5, 0.6) is 0 Å². The van der Waals surface area contributed by atoms with Crippen LogP contribution in [0.3, 0.4) is 0 Å². The number of pyridine rings is 1. The van der Waals surface area contributed by atoms with Crippen molar-refractivity contribution >= 4 is 12.2 Å². The molecule has 0 spiro atoms. The minimum atomic E-state index is -0.760. The third-order valence-corrected chi connectivity index (χ3v) is 6.02. The Morgan fingerprint density at radius 1 is 1.18 bits per heavy atom. The number of aliphatic carboxylic acids is 1. The molecule has 4 rings (SSSR count). The van der Waals surface area contributed by atoms with E-state index in [1.54, 1.807) is 6.20 Å². The van der Waals surface area contributed by atoms with Crippen molar-refractivity contribution < 1.29 is 14.7 Å². The van der Waals surface area contributed by atoms with Gasteiger partial charge in [0.2, 0.25) is 0 Å². The lowest BCUT2D eigenvalue weighted by Crippen LogP contribution is -2.49. The number of benzene rings is 1. The van der Waals surface area contributed by atoms with E-state index >= 15 is 0 Å². The first kappa shape index (κ1) is 23.3. The first-order valence-corrected chi connectivity index (χ1v) is 11.5. The van der Waals surface area contributed by atoms with Crippen LogP contribution in [0.4, 0.5) is 0 Å². The molecule has 1 aromatic carbocycles. The summed E-state index contributed by atoms with van der Waals surface area (Å²) < 4.78 is 0. The maximum Gasteiger partial charge on any atom is 0.317 e. The average Bonchev–Trinajstić information content (AvgIpc) is 3.29. The van der Waals surface area contributed by atoms with Crippen LogP contribution < -0.4 is 10.9 Å². The Morgan fingerprint density at radius 2 is 1.97 bits per heavy atom. The van der Waals surface area contributed by atoms with E-state index in [0.29, 0.717) is 0 Å². The Labute approximate surface area is 194 Å². The highest BCUT2D eigenvalue weighted by Gasteiger charge is 2.29. The Hall–Kier alpha value is -2.85. The van der Waals surface area contributed by atoms with Crippen molar-refractivity contribution in [3.63, 3.8) is 0 Å². The molecule has 2 atom stereocenters. The Balaban J connectivity index is 1.16. The zero-order valence-electron chi connectivity index (χ0n) is 18.8. The number of nitrogens with one attached hydrogen (secondary N) is 2. The Kier molecular flexibility index (Phi) is 8.37. The number of rotatable bonds is 10. The number of hydrazone groups is 1. The quantitative estimate of drug-likeness (QED) is 0.282. The Bertz CT molecular complexity index is 900. The molecule has 2 unspecified atom stereocenters. The highest BCUT2D eigenvalue weighted by molar-refractivity contribution is 5.79. The van der Waals surface area contributed by atoms with Gasteiger partial charge in [0.15, 0.2) is 0 Å². The van der Waals surface area contributed by atoms with Gasteiger partial charge >= 0.3 is 5.97 Å². The van der Waals surface area contributed by atoms with E-state index < -0.39 is 5.97 Å². The fraction of sp³-hybridized carbons (Fsp3) is 0.458. The van der Waals surface area contributed by atoms with Crippen LogP contribution in [0.15, 0.2) is 53.8 Å². The highest BCUT2D eigenvalue weighted by atomic mass is 16.7. The molecule has 3 heterocycles. The van der Waals surface area contributed by atoms with Crippen molar-refractivity contribution in [1.82, 2.24) is 25.7 Å². The number of piperazine rings is 1. The third kappa shape index (κ3) is 7.33. The second kappa shape index (κ2) is 11.9. The molecule has 0 bridgehead atoms. The maximum absolute atomic E-state index is 10.9. The molecule has 2 aliphatic heterocycles. The minimum absolute atomic E-state index is 0.124. The summed E-state index contributed by atoms with van der Waals surface area (Å²) in [5.74, 6) is -0.760. The number of hydrogen-bond donors (Lipinski definition) is 3. The third-order valence-electron chi connectivity index (χ3n) is 6.02. The van der Waals surface area contributed by atoms with Gasteiger partial charge in [0, 0.05) is 57.6 Å². The standard InChI is InChI=1S/C24H32N6O3/c31-24(32)18-30-13-11-29(12-14-30)17-22-15-23(28-33-22)20-6-4-19(5-7-20)16-27-26-10-8-21-3-1-2-9-25-21/h1-7,9,16,22-23,26,28H,8,10-15,17-18H2,(H,31,32). The van der Waals surface area contributed by atoms with E-state index in [4.69, 9.17) is 9.94 Å².